The molecule has 1 aromatic rings. The van der Waals surface area contributed by atoms with Crippen molar-refractivity contribution in [2.45, 2.75) is 19.9 Å². The van der Waals surface area contributed by atoms with E-state index in [1.165, 1.54) is 0 Å². The van der Waals surface area contributed by atoms with Crippen molar-refractivity contribution in [2.75, 3.05) is 6.61 Å². The van der Waals surface area contributed by atoms with Crippen LogP contribution in [0.3, 0.4) is 0 Å². The highest BCUT2D eigenvalue weighted by atomic mass is 19.3. The standard InChI is InChI=1S/C10H12F2N2O2/c1-2-16-10(15)7-5-14-8(9(11)12)3-6(7)4-13/h3,5,9H,2,4,13H2,1H3. The number of aromatic nitrogens is 1. The number of hydrogen-bond acceptors (Lipinski definition) is 4. The van der Waals surface area contributed by atoms with Crippen molar-refractivity contribution in [3.63, 3.8) is 0 Å². The largest absolute Gasteiger partial charge is 0.462 e. The minimum atomic E-state index is -2.68. The minimum Gasteiger partial charge on any atom is -0.462 e. The van der Waals surface area contributed by atoms with Gasteiger partial charge >= 0.3 is 5.97 Å². The highest BCUT2D eigenvalue weighted by molar-refractivity contribution is 5.90. The van der Waals surface area contributed by atoms with E-state index in [9.17, 15) is 13.6 Å². The van der Waals surface area contributed by atoms with Crippen LogP contribution < -0.4 is 5.73 Å². The molecule has 0 spiro atoms. The van der Waals surface area contributed by atoms with Gasteiger partial charge in [0.25, 0.3) is 6.43 Å². The fourth-order valence-electron chi connectivity index (χ4n) is 1.20. The fourth-order valence-corrected chi connectivity index (χ4v) is 1.20. The lowest BCUT2D eigenvalue weighted by Crippen LogP contribution is -2.12. The number of rotatable bonds is 4. The van der Waals surface area contributed by atoms with Crippen LogP contribution in [0, 0.1) is 0 Å². The number of ether oxygens (including phenoxy) is 1. The number of pyridine rings is 1. The zero-order valence-electron chi connectivity index (χ0n) is 8.74. The van der Waals surface area contributed by atoms with Crippen molar-refractivity contribution >= 4 is 5.97 Å². The molecule has 0 bridgehead atoms. The van der Waals surface area contributed by atoms with E-state index in [-0.39, 0.29) is 18.7 Å². The van der Waals surface area contributed by atoms with Gasteiger partial charge in [-0.1, -0.05) is 0 Å². The molecule has 0 amide bonds. The molecule has 0 aliphatic heterocycles. The molecule has 0 unspecified atom stereocenters. The topological polar surface area (TPSA) is 65.2 Å². The Balaban J connectivity index is 3.06. The number of carbonyl (C=O) groups is 1. The second kappa shape index (κ2) is 5.50. The van der Waals surface area contributed by atoms with Crippen LogP contribution in [-0.4, -0.2) is 17.6 Å². The summed E-state index contributed by atoms with van der Waals surface area (Å²) in [6, 6.07) is 1.12. The Morgan fingerprint density at radius 1 is 1.62 bits per heavy atom. The average molecular weight is 230 g/mol. The van der Waals surface area contributed by atoms with E-state index in [2.05, 4.69) is 4.98 Å². The lowest BCUT2D eigenvalue weighted by atomic mass is 10.1. The van der Waals surface area contributed by atoms with Crippen LogP contribution in [-0.2, 0) is 11.3 Å². The molecule has 1 heterocycles. The Hall–Kier alpha value is -1.56. The number of halogens is 2. The molecule has 0 aliphatic rings. The van der Waals surface area contributed by atoms with Gasteiger partial charge in [0, 0.05) is 12.7 Å². The minimum absolute atomic E-state index is 0.0175. The summed E-state index contributed by atoms with van der Waals surface area (Å²) in [5.74, 6) is -0.601. The first-order chi connectivity index (χ1) is 7.60. The molecular formula is C10H12F2N2O2. The Labute approximate surface area is 91.4 Å². The molecule has 88 valence electrons. The molecule has 1 aromatic heterocycles. The number of hydrogen-bond donors (Lipinski definition) is 1. The van der Waals surface area contributed by atoms with E-state index in [0.717, 1.165) is 12.3 Å². The van der Waals surface area contributed by atoms with E-state index < -0.39 is 18.1 Å². The van der Waals surface area contributed by atoms with Crippen LogP contribution >= 0.6 is 0 Å². The second-order valence-corrected chi connectivity index (χ2v) is 2.99. The molecule has 0 fully saturated rings. The maximum atomic E-state index is 12.3. The molecule has 1 rings (SSSR count). The van der Waals surface area contributed by atoms with Crippen molar-refractivity contribution in [1.82, 2.24) is 4.98 Å². The predicted molar refractivity (Wildman–Crippen MR) is 53.0 cm³/mol. The third-order valence-corrected chi connectivity index (χ3v) is 1.95. The molecule has 4 nitrogen and oxygen atoms in total. The maximum absolute atomic E-state index is 12.3. The lowest BCUT2D eigenvalue weighted by Gasteiger charge is -2.08. The van der Waals surface area contributed by atoms with Crippen LogP contribution in [0.25, 0.3) is 0 Å². The third-order valence-electron chi connectivity index (χ3n) is 1.95. The zero-order valence-corrected chi connectivity index (χ0v) is 8.74. The Kier molecular flexibility index (Phi) is 4.30. The number of nitrogens with zero attached hydrogens (tertiary/aromatic N) is 1. The van der Waals surface area contributed by atoms with Crippen molar-refractivity contribution in [3.05, 3.63) is 29.1 Å². The summed E-state index contributed by atoms with van der Waals surface area (Å²) in [5.41, 5.74) is 5.42. The van der Waals surface area contributed by atoms with Gasteiger partial charge in [-0.3, -0.25) is 4.98 Å². The van der Waals surface area contributed by atoms with Gasteiger partial charge in [-0.25, -0.2) is 13.6 Å². The van der Waals surface area contributed by atoms with Crippen LogP contribution in [0.2, 0.25) is 0 Å². The molecule has 6 heteroatoms. The molecule has 0 saturated carbocycles. The van der Waals surface area contributed by atoms with E-state index >= 15 is 0 Å². The molecular weight excluding hydrogens is 218 g/mol. The predicted octanol–water partition coefficient (Wildman–Crippen LogP) is 1.65. The quantitative estimate of drug-likeness (QED) is 0.799. The fraction of sp³-hybridized carbons (Fsp3) is 0.400. The summed E-state index contributed by atoms with van der Waals surface area (Å²) in [4.78, 5) is 14.9. The Morgan fingerprint density at radius 3 is 2.81 bits per heavy atom. The van der Waals surface area contributed by atoms with Gasteiger partial charge in [0.1, 0.15) is 5.69 Å². The van der Waals surface area contributed by atoms with Gasteiger partial charge in [-0.2, -0.15) is 0 Å². The maximum Gasteiger partial charge on any atom is 0.340 e. The van der Waals surface area contributed by atoms with Crippen molar-refractivity contribution in [3.8, 4) is 0 Å². The first-order valence-corrected chi connectivity index (χ1v) is 4.74. The van der Waals surface area contributed by atoms with Crippen molar-refractivity contribution in [1.29, 1.82) is 0 Å². The summed E-state index contributed by atoms with van der Waals surface area (Å²) in [6.45, 7) is 1.84. The molecule has 0 aliphatic carbocycles. The van der Waals surface area contributed by atoms with Crippen LogP contribution in [0.15, 0.2) is 12.3 Å². The molecule has 2 N–H and O–H groups in total. The lowest BCUT2D eigenvalue weighted by molar-refractivity contribution is 0.0524. The summed E-state index contributed by atoms with van der Waals surface area (Å²) in [7, 11) is 0. The summed E-state index contributed by atoms with van der Waals surface area (Å²) in [6.07, 6.45) is -1.61. The molecule has 0 aromatic carbocycles. The first-order valence-electron chi connectivity index (χ1n) is 4.74. The van der Waals surface area contributed by atoms with Gasteiger partial charge in [0.15, 0.2) is 0 Å². The number of esters is 1. The summed E-state index contributed by atoms with van der Waals surface area (Å²) in [5, 5.41) is 0. The number of nitrogens with two attached hydrogens (primary N) is 1. The van der Waals surface area contributed by atoms with Crippen molar-refractivity contribution in [2.24, 2.45) is 5.73 Å². The summed E-state index contributed by atoms with van der Waals surface area (Å²) < 4.78 is 29.4. The van der Waals surface area contributed by atoms with Crippen LogP contribution in [0.4, 0.5) is 8.78 Å². The average Bonchev–Trinajstić information content (AvgIpc) is 2.28. The van der Waals surface area contributed by atoms with E-state index in [0.29, 0.717) is 5.56 Å². The van der Waals surface area contributed by atoms with E-state index in [1.807, 2.05) is 0 Å². The molecule has 0 atom stereocenters. The van der Waals surface area contributed by atoms with Crippen LogP contribution in [0.1, 0.15) is 35.0 Å². The van der Waals surface area contributed by atoms with Gasteiger partial charge in [0.05, 0.1) is 12.2 Å². The van der Waals surface area contributed by atoms with Gasteiger partial charge in [-0.05, 0) is 18.6 Å². The zero-order chi connectivity index (χ0) is 12.1. The Bertz CT molecular complexity index is 383. The first kappa shape index (κ1) is 12.5. The van der Waals surface area contributed by atoms with Gasteiger partial charge < -0.3 is 10.5 Å². The normalized spacial score (nSPS) is 10.6. The Morgan fingerprint density at radius 2 is 2.31 bits per heavy atom. The molecule has 0 saturated heterocycles. The monoisotopic (exact) mass is 230 g/mol. The number of alkyl halides is 2. The highest BCUT2D eigenvalue weighted by Gasteiger charge is 2.16. The van der Waals surface area contributed by atoms with Gasteiger partial charge in [-0.15, -0.1) is 0 Å². The molecule has 16 heavy (non-hydrogen) atoms. The third kappa shape index (κ3) is 2.73. The van der Waals surface area contributed by atoms with Crippen LogP contribution in [0.5, 0.6) is 0 Å². The van der Waals surface area contributed by atoms with E-state index in [4.69, 9.17) is 10.5 Å². The molecule has 0 radical (unpaired) electrons. The summed E-state index contributed by atoms with van der Waals surface area (Å²) >= 11 is 0. The second-order valence-electron chi connectivity index (χ2n) is 2.99. The van der Waals surface area contributed by atoms with Crippen molar-refractivity contribution < 1.29 is 18.3 Å². The number of carbonyl (C=O) groups excluding carboxylic acids is 1. The highest BCUT2D eigenvalue weighted by Crippen LogP contribution is 2.19. The van der Waals surface area contributed by atoms with Gasteiger partial charge in [0.2, 0.25) is 0 Å². The smallest absolute Gasteiger partial charge is 0.340 e. The SMILES string of the molecule is CCOC(=O)c1cnc(C(F)F)cc1CN. The van der Waals surface area contributed by atoms with E-state index in [1.54, 1.807) is 6.92 Å².